The maximum absolute atomic E-state index is 13.9. The summed E-state index contributed by atoms with van der Waals surface area (Å²) in [6.07, 6.45) is 1.66. The van der Waals surface area contributed by atoms with Gasteiger partial charge in [0.2, 0.25) is 5.91 Å². The largest absolute Gasteiger partial charge is 0.480 e. The van der Waals surface area contributed by atoms with Crippen LogP contribution in [0.25, 0.3) is 0 Å². The number of carboxylic acids is 1. The Kier molecular flexibility index (Phi) is 4.92. The Morgan fingerprint density at radius 2 is 1.88 bits per heavy atom. The van der Waals surface area contributed by atoms with Gasteiger partial charge in [0, 0.05) is 42.8 Å². The van der Waals surface area contributed by atoms with Gasteiger partial charge in [0.1, 0.15) is 11.2 Å². The number of carboxylic acid groups (broad SMARTS) is 1. The smallest absolute Gasteiger partial charge is 0.319 e. The van der Waals surface area contributed by atoms with Gasteiger partial charge in [-0.05, 0) is 31.0 Å². The number of benzene rings is 1. The van der Waals surface area contributed by atoms with Crippen LogP contribution in [0, 0.1) is 11.2 Å². The topological polar surface area (TPSA) is 60.9 Å². The highest BCUT2D eigenvalue weighted by Crippen LogP contribution is 2.43. The predicted octanol–water partition coefficient (Wildman–Crippen LogP) is 2.49. The molecule has 1 N–H and O–H groups in total. The number of rotatable bonds is 4. The maximum Gasteiger partial charge on any atom is 0.319 e. The average molecular weight is 399 g/mol. The number of hydrogen-bond donors (Lipinski definition) is 1. The summed E-state index contributed by atoms with van der Waals surface area (Å²) in [4.78, 5) is 27.8. The highest BCUT2D eigenvalue weighted by molar-refractivity contribution is 9.10. The standard InChI is InChI=1S/C17H20BrFN2O3/c18-13-2-3-14(19)12(10-13)11-20-6-8-21(9-7-20)15(22)17(16(23)24)4-1-5-17/h2-3,10H,1,4-9,11H2,(H,23,24). The molecule has 1 aromatic rings. The van der Waals surface area contributed by atoms with E-state index in [9.17, 15) is 19.1 Å². The molecule has 0 unspecified atom stereocenters. The fourth-order valence-electron chi connectivity index (χ4n) is 3.37. The Hall–Kier alpha value is -1.47. The van der Waals surface area contributed by atoms with Gasteiger partial charge >= 0.3 is 5.97 Å². The van der Waals surface area contributed by atoms with E-state index in [4.69, 9.17) is 0 Å². The number of piperazine rings is 1. The molecule has 0 aromatic heterocycles. The third kappa shape index (κ3) is 3.19. The zero-order chi connectivity index (χ0) is 17.3. The van der Waals surface area contributed by atoms with Crippen molar-refractivity contribution in [3.63, 3.8) is 0 Å². The minimum Gasteiger partial charge on any atom is -0.480 e. The van der Waals surface area contributed by atoms with Crippen LogP contribution in [0.5, 0.6) is 0 Å². The van der Waals surface area contributed by atoms with E-state index in [1.807, 2.05) is 0 Å². The van der Waals surface area contributed by atoms with Gasteiger partial charge in [-0.25, -0.2) is 4.39 Å². The lowest BCUT2D eigenvalue weighted by molar-refractivity contribution is -0.168. The summed E-state index contributed by atoms with van der Waals surface area (Å²) in [5.41, 5.74) is -0.580. The molecule has 1 saturated heterocycles. The first kappa shape index (κ1) is 17.4. The average Bonchev–Trinajstić information content (AvgIpc) is 2.50. The van der Waals surface area contributed by atoms with Gasteiger partial charge in [0.05, 0.1) is 0 Å². The molecule has 24 heavy (non-hydrogen) atoms. The Bertz CT molecular complexity index is 655. The minimum absolute atomic E-state index is 0.240. The summed E-state index contributed by atoms with van der Waals surface area (Å²) in [6, 6.07) is 4.87. The van der Waals surface area contributed by atoms with Crippen molar-refractivity contribution in [1.82, 2.24) is 9.80 Å². The van der Waals surface area contributed by atoms with Gasteiger partial charge in [-0.15, -0.1) is 0 Å². The van der Waals surface area contributed by atoms with E-state index in [0.29, 0.717) is 51.1 Å². The number of halogens is 2. The lowest BCUT2D eigenvalue weighted by Gasteiger charge is -2.43. The van der Waals surface area contributed by atoms with Crippen LogP contribution in [0.4, 0.5) is 4.39 Å². The summed E-state index contributed by atoms with van der Waals surface area (Å²) in [7, 11) is 0. The van der Waals surface area contributed by atoms with E-state index < -0.39 is 11.4 Å². The van der Waals surface area contributed by atoms with Crippen molar-refractivity contribution >= 4 is 27.8 Å². The quantitative estimate of drug-likeness (QED) is 0.791. The molecule has 1 aliphatic carbocycles. The van der Waals surface area contributed by atoms with Gasteiger partial charge in [-0.1, -0.05) is 22.4 Å². The van der Waals surface area contributed by atoms with Crippen LogP contribution in [-0.2, 0) is 16.1 Å². The molecule has 1 aliphatic heterocycles. The molecular weight excluding hydrogens is 379 g/mol. The molecule has 0 bridgehead atoms. The molecular formula is C17H20BrFN2O3. The molecule has 130 valence electrons. The number of amides is 1. The molecule has 0 radical (unpaired) electrons. The molecule has 0 atom stereocenters. The van der Waals surface area contributed by atoms with Crippen molar-refractivity contribution in [3.8, 4) is 0 Å². The number of hydrogen-bond acceptors (Lipinski definition) is 3. The van der Waals surface area contributed by atoms with E-state index in [1.54, 1.807) is 17.0 Å². The Labute approximate surface area is 148 Å². The SMILES string of the molecule is O=C(O)C1(C(=O)N2CCN(Cc3cc(Br)ccc3F)CC2)CCC1. The van der Waals surface area contributed by atoms with E-state index in [-0.39, 0.29) is 11.7 Å². The summed E-state index contributed by atoms with van der Waals surface area (Å²) >= 11 is 3.35. The fourth-order valence-corrected chi connectivity index (χ4v) is 3.78. The van der Waals surface area contributed by atoms with E-state index in [1.165, 1.54) is 6.07 Å². The Balaban J connectivity index is 1.59. The predicted molar refractivity (Wildman–Crippen MR) is 89.9 cm³/mol. The maximum atomic E-state index is 13.9. The molecule has 0 spiro atoms. The zero-order valence-corrected chi connectivity index (χ0v) is 14.9. The molecule has 1 heterocycles. The Morgan fingerprint density at radius 1 is 1.21 bits per heavy atom. The second kappa shape index (κ2) is 6.80. The highest BCUT2D eigenvalue weighted by Gasteiger charge is 2.53. The highest BCUT2D eigenvalue weighted by atomic mass is 79.9. The third-order valence-electron chi connectivity index (χ3n) is 5.09. The van der Waals surface area contributed by atoms with E-state index in [0.717, 1.165) is 10.9 Å². The minimum atomic E-state index is -1.20. The van der Waals surface area contributed by atoms with Gasteiger partial charge < -0.3 is 10.0 Å². The fraction of sp³-hybridized carbons (Fsp3) is 0.529. The lowest BCUT2D eigenvalue weighted by Crippen LogP contribution is -2.57. The van der Waals surface area contributed by atoms with Gasteiger partial charge in [0.15, 0.2) is 0 Å². The van der Waals surface area contributed by atoms with Crippen molar-refractivity contribution in [2.24, 2.45) is 5.41 Å². The van der Waals surface area contributed by atoms with Gasteiger partial charge in [0.25, 0.3) is 0 Å². The van der Waals surface area contributed by atoms with Crippen LogP contribution in [-0.4, -0.2) is 53.0 Å². The van der Waals surface area contributed by atoms with E-state index in [2.05, 4.69) is 20.8 Å². The van der Waals surface area contributed by atoms with Crippen LogP contribution >= 0.6 is 15.9 Å². The molecule has 5 nitrogen and oxygen atoms in total. The summed E-state index contributed by atoms with van der Waals surface area (Å²) in [5.74, 6) is -1.50. The van der Waals surface area contributed by atoms with Crippen LogP contribution in [0.2, 0.25) is 0 Å². The number of carbonyl (C=O) groups is 2. The molecule has 2 fully saturated rings. The van der Waals surface area contributed by atoms with Crippen molar-refractivity contribution in [1.29, 1.82) is 0 Å². The molecule has 1 amide bonds. The van der Waals surface area contributed by atoms with Crippen LogP contribution in [0.15, 0.2) is 22.7 Å². The molecule has 2 aliphatic rings. The van der Waals surface area contributed by atoms with Crippen molar-refractivity contribution < 1.29 is 19.1 Å². The molecule has 1 aromatic carbocycles. The van der Waals surface area contributed by atoms with Gasteiger partial charge in [-0.2, -0.15) is 0 Å². The van der Waals surface area contributed by atoms with Crippen LogP contribution < -0.4 is 0 Å². The number of carbonyl (C=O) groups excluding carboxylic acids is 1. The molecule has 1 saturated carbocycles. The van der Waals surface area contributed by atoms with Crippen molar-refractivity contribution in [2.45, 2.75) is 25.8 Å². The monoisotopic (exact) mass is 398 g/mol. The van der Waals surface area contributed by atoms with E-state index >= 15 is 0 Å². The van der Waals surface area contributed by atoms with Crippen LogP contribution in [0.3, 0.4) is 0 Å². The summed E-state index contributed by atoms with van der Waals surface area (Å²) < 4.78 is 14.7. The normalized spacial score (nSPS) is 20.5. The first-order valence-corrected chi connectivity index (χ1v) is 8.91. The molecule has 3 rings (SSSR count). The zero-order valence-electron chi connectivity index (χ0n) is 13.3. The summed E-state index contributed by atoms with van der Waals surface area (Å²) in [5, 5.41) is 9.38. The summed E-state index contributed by atoms with van der Waals surface area (Å²) in [6.45, 7) is 2.70. The third-order valence-corrected chi connectivity index (χ3v) is 5.58. The van der Waals surface area contributed by atoms with Gasteiger partial charge in [-0.3, -0.25) is 14.5 Å². The first-order valence-electron chi connectivity index (χ1n) is 8.11. The number of aliphatic carboxylic acids is 1. The van der Waals surface area contributed by atoms with Crippen molar-refractivity contribution in [3.05, 3.63) is 34.1 Å². The first-order chi connectivity index (χ1) is 11.4. The number of nitrogens with zero attached hydrogens (tertiary/aromatic N) is 2. The van der Waals surface area contributed by atoms with Crippen molar-refractivity contribution in [2.75, 3.05) is 26.2 Å². The van der Waals surface area contributed by atoms with Crippen LogP contribution in [0.1, 0.15) is 24.8 Å². The second-order valence-corrected chi connectivity index (χ2v) is 7.46. The lowest BCUT2D eigenvalue weighted by atomic mass is 9.67. The second-order valence-electron chi connectivity index (χ2n) is 6.54. The molecule has 7 heteroatoms. The Morgan fingerprint density at radius 3 is 2.42 bits per heavy atom.